The van der Waals surface area contributed by atoms with Crippen molar-refractivity contribution in [1.82, 2.24) is 0 Å². The quantitative estimate of drug-likeness (QED) is 0.429. The van der Waals surface area contributed by atoms with Gasteiger partial charge in [0.15, 0.2) is 0 Å². The Morgan fingerprint density at radius 3 is 2.24 bits per heavy atom. The number of aldehydes is 1. The Labute approximate surface area is 98.3 Å². The Kier molecular flexibility index (Phi) is 7.08. The van der Waals surface area contributed by atoms with Gasteiger partial charge in [-0.3, -0.25) is 9.59 Å². The highest BCUT2D eigenvalue weighted by molar-refractivity contribution is 5.67. The molecule has 0 aromatic rings. The van der Waals surface area contributed by atoms with Crippen molar-refractivity contribution in [1.29, 1.82) is 0 Å². The second-order valence-electron chi connectivity index (χ2n) is 3.41. The van der Waals surface area contributed by atoms with Crippen LogP contribution >= 0.6 is 0 Å². The molecule has 0 heterocycles. The molecular weight excluding hydrogens is 232 g/mol. The molecule has 3 atom stereocenters. The molecule has 0 unspecified atom stereocenters. The van der Waals surface area contributed by atoms with Crippen molar-refractivity contribution in [3.8, 4) is 0 Å². The topological polar surface area (TPSA) is 110 Å². The number of aliphatic hydroxyl groups is 2. The van der Waals surface area contributed by atoms with Gasteiger partial charge in [-0.1, -0.05) is 0 Å². The molecule has 0 saturated heterocycles. The molecule has 0 aromatic carbocycles. The number of carbonyl (C=O) groups excluding carboxylic acids is 3. The Morgan fingerprint density at radius 2 is 1.82 bits per heavy atom. The molecule has 0 saturated carbocycles. The molecule has 98 valence electrons. The summed E-state index contributed by atoms with van der Waals surface area (Å²) in [6.07, 6.45) is -3.88. The van der Waals surface area contributed by atoms with Crippen molar-refractivity contribution in [3.63, 3.8) is 0 Å². The number of hydrogen-bond donors (Lipinski definition) is 2. The van der Waals surface area contributed by atoms with Crippen molar-refractivity contribution >= 4 is 18.2 Å². The molecule has 0 aliphatic heterocycles. The second kappa shape index (κ2) is 7.75. The van der Waals surface area contributed by atoms with Crippen molar-refractivity contribution in [2.45, 2.75) is 38.6 Å². The van der Waals surface area contributed by atoms with Crippen LogP contribution in [0.4, 0.5) is 0 Å². The summed E-state index contributed by atoms with van der Waals surface area (Å²) in [5.41, 5.74) is 0. The number of carbonyl (C=O) groups is 3. The first-order chi connectivity index (χ1) is 7.88. The number of esters is 2. The lowest BCUT2D eigenvalue weighted by molar-refractivity contribution is -0.164. The van der Waals surface area contributed by atoms with E-state index in [1.165, 1.54) is 0 Å². The van der Waals surface area contributed by atoms with Gasteiger partial charge in [0, 0.05) is 20.3 Å². The van der Waals surface area contributed by atoms with Crippen LogP contribution in [-0.4, -0.2) is 53.4 Å². The molecule has 0 aliphatic carbocycles. The second-order valence-corrected chi connectivity index (χ2v) is 3.41. The van der Waals surface area contributed by atoms with Crippen LogP contribution < -0.4 is 0 Å². The van der Waals surface area contributed by atoms with Gasteiger partial charge in [0.25, 0.3) is 0 Å². The van der Waals surface area contributed by atoms with E-state index < -0.39 is 36.9 Å². The molecule has 7 nitrogen and oxygen atoms in total. The minimum atomic E-state index is -1.50. The first kappa shape index (κ1) is 15.5. The van der Waals surface area contributed by atoms with Gasteiger partial charge in [-0.05, 0) is 0 Å². The number of hydrogen-bond acceptors (Lipinski definition) is 7. The lowest BCUT2D eigenvalue weighted by Crippen LogP contribution is -2.42. The number of ether oxygens (including phenoxy) is 2. The molecule has 0 spiro atoms. The minimum absolute atomic E-state index is 0.252. The van der Waals surface area contributed by atoms with Gasteiger partial charge >= 0.3 is 11.9 Å². The third kappa shape index (κ3) is 6.64. The monoisotopic (exact) mass is 248 g/mol. The summed E-state index contributed by atoms with van der Waals surface area (Å²) in [7, 11) is 0. The van der Waals surface area contributed by atoms with Gasteiger partial charge in [0.2, 0.25) is 0 Å². The molecule has 0 fully saturated rings. The van der Waals surface area contributed by atoms with Gasteiger partial charge in [-0.15, -0.1) is 0 Å². The van der Waals surface area contributed by atoms with Gasteiger partial charge in [-0.2, -0.15) is 0 Å². The predicted molar refractivity (Wildman–Crippen MR) is 54.9 cm³/mol. The maximum absolute atomic E-state index is 10.7. The SMILES string of the molecule is CC(=O)OC[C@@H](O)[C@@H](O)[C@@H](CC=O)OC(C)=O. The highest BCUT2D eigenvalue weighted by atomic mass is 16.6. The van der Waals surface area contributed by atoms with Crippen molar-refractivity contribution < 1.29 is 34.1 Å². The zero-order valence-corrected chi connectivity index (χ0v) is 9.66. The van der Waals surface area contributed by atoms with E-state index in [1.54, 1.807) is 0 Å². The summed E-state index contributed by atoms with van der Waals surface area (Å²) in [6.45, 7) is 1.82. The van der Waals surface area contributed by atoms with Crippen molar-refractivity contribution in [2.75, 3.05) is 6.61 Å². The molecule has 0 aliphatic rings. The normalized spacial score (nSPS) is 15.5. The molecule has 2 N–H and O–H groups in total. The van der Waals surface area contributed by atoms with Crippen LogP contribution in [0.5, 0.6) is 0 Å². The highest BCUT2D eigenvalue weighted by Gasteiger charge is 2.29. The average Bonchev–Trinajstić information content (AvgIpc) is 2.23. The van der Waals surface area contributed by atoms with E-state index >= 15 is 0 Å². The summed E-state index contributed by atoms with van der Waals surface area (Å²) in [4.78, 5) is 31.5. The zero-order valence-electron chi connectivity index (χ0n) is 9.66. The van der Waals surface area contributed by atoms with E-state index in [4.69, 9.17) is 0 Å². The van der Waals surface area contributed by atoms with Crippen LogP contribution in [-0.2, 0) is 23.9 Å². The van der Waals surface area contributed by atoms with E-state index in [9.17, 15) is 24.6 Å². The molecule has 0 amide bonds. The lowest BCUT2D eigenvalue weighted by atomic mass is 10.1. The Hall–Kier alpha value is -1.47. The smallest absolute Gasteiger partial charge is 0.303 e. The van der Waals surface area contributed by atoms with E-state index in [0.717, 1.165) is 13.8 Å². The molecule has 0 bridgehead atoms. The van der Waals surface area contributed by atoms with Crippen LogP contribution in [0.3, 0.4) is 0 Å². The van der Waals surface area contributed by atoms with E-state index in [-0.39, 0.29) is 6.42 Å². The van der Waals surface area contributed by atoms with Gasteiger partial charge < -0.3 is 24.5 Å². The summed E-state index contributed by atoms with van der Waals surface area (Å²) in [6, 6.07) is 0. The van der Waals surface area contributed by atoms with Crippen LogP contribution in [0, 0.1) is 0 Å². The van der Waals surface area contributed by atoms with E-state index in [1.807, 2.05) is 0 Å². The maximum Gasteiger partial charge on any atom is 0.303 e. The van der Waals surface area contributed by atoms with Gasteiger partial charge in [-0.25, -0.2) is 0 Å². The van der Waals surface area contributed by atoms with E-state index in [0.29, 0.717) is 6.29 Å². The molecule has 0 aromatic heterocycles. The molecule has 0 radical (unpaired) electrons. The number of rotatable bonds is 7. The third-order valence-corrected chi connectivity index (χ3v) is 1.88. The van der Waals surface area contributed by atoms with Crippen LogP contribution in [0.1, 0.15) is 20.3 Å². The maximum atomic E-state index is 10.7. The van der Waals surface area contributed by atoms with Gasteiger partial charge in [0.05, 0.1) is 0 Å². The summed E-state index contributed by atoms with van der Waals surface area (Å²) in [5, 5.41) is 19.0. The number of aliphatic hydroxyl groups excluding tert-OH is 2. The first-order valence-electron chi connectivity index (χ1n) is 4.98. The Bertz CT molecular complexity index is 276. The van der Waals surface area contributed by atoms with E-state index in [2.05, 4.69) is 9.47 Å². The fourth-order valence-electron chi connectivity index (χ4n) is 1.11. The molecule has 17 heavy (non-hydrogen) atoms. The van der Waals surface area contributed by atoms with Crippen molar-refractivity contribution in [3.05, 3.63) is 0 Å². The summed E-state index contributed by atoms with van der Waals surface area (Å²) < 4.78 is 9.14. The summed E-state index contributed by atoms with van der Waals surface area (Å²) in [5.74, 6) is -1.30. The fraction of sp³-hybridized carbons (Fsp3) is 0.700. The highest BCUT2D eigenvalue weighted by Crippen LogP contribution is 2.09. The zero-order chi connectivity index (χ0) is 13.4. The Balaban J connectivity index is 4.36. The standard InChI is InChI=1S/C10H16O7/c1-6(12)16-5-8(14)10(15)9(3-4-11)17-7(2)13/h4,8-10,14-15H,3,5H2,1-2H3/t8-,9-,10-/m1/s1. The predicted octanol–water partition coefficient (Wildman–Crippen LogP) is -1.21. The molecule has 0 rings (SSSR count). The van der Waals surface area contributed by atoms with Crippen LogP contribution in [0.15, 0.2) is 0 Å². The first-order valence-corrected chi connectivity index (χ1v) is 4.98. The summed E-state index contributed by atoms with van der Waals surface area (Å²) >= 11 is 0. The molecule has 7 heteroatoms. The molecular formula is C10H16O7. The Morgan fingerprint density at radius 1 is 1.24 bits per heavy atom. The van der Waals surface area contributed by atoms with Crippen molar-refractivity contribution in [2.24, 2.45) is 0 Å². The van der Waals surface area contributed by atoms with Crippen LogP contribution in [0.2, 0.25) is 0 Å². The lowest BCUT2D eigenvalue weighted by Gasteiger charge is -2.24. The average molecular weight is 248 g/mol. The third-order valence-electron chi connectivity index (χ3n) is 1.88. The fourth-order valence-corrected chi connectivity index (χ4v) is 1.11. The van der Waals surface area contributed by atoms with Gasteiger partial charge in [0.1, 0.15) is 31.2 Å². The minimum Gasteiger partial charge on any atom is -0.463 e. The largest absolute Gasteiger partial charge is 0.463 e. The van der Waals surface area contributed by atoms with Crippen LogP contribution in [0.25, 0.3) is 0 Å².